The van der Waals surface area contributed by atoms with Gasteiger partial charge in [0.1, 0.15) is 0 Å². The first kappa shape index (κ1) is 16.7. The smallest absolute Gasteiger partial charge is 0.308 e. The van der Waals surface area contributed by atoms with Crippen molar-refractivity contribution >= 4 is 79.6 Å². The lowest BCUT2D eigenvalue weighted by atomic mass is 9.99. The minimum Gasteiger partial charge on any atom is -0.481 e. The minimum absolute atomic E-state index is 0.00373. The molecule has 1 aliphatic heterocycles. The van der Waals surface area contributed by atoms with Crippen LogP contribution < -0.4 is 0 Å². The van der Waals surface area contributed by atoms with Crippen molar-refractivity contribution in [3.05, 3.63) is 28.4 Å². The van der Waals surface area contributed by atoms with E-state index in [0.29, 0.717) is 18.7 Å². The molecule has 1 amide bonds. The number of carbonyl (C=O) groups excluding carboxylic acids is 1. The number of nitrogens with zero attached hydrogens (tertiary/aromatic N) is 1. The maximum atomic E-state index is 12.6. The highest BCUT2D eigenvalue weighted by Gasteiger charge is 2.37. The summed E-state index contributed by atoms with van der Waals surface area (Å²) in [7, 11) is 0. The standard InChI is InChI=1S/C13H12I3NO3/c1-6-4-17(5-9(6)13(19)20)12(18)8-2-7(14)3-10(15)11(8)16/h2-3,6,9H,4-5H2,1H3,(H,19,20)/t6-,9-/m1/s1. The van der Waals surface area contributed by atoms with Gasteiger partial charge in [-0.2, -0.15) is 0 Å². The number of aliphatic carboxylic acids is 1. The summed E-state index contributed by atoms with van der Waals surface area (Å²) in [5.74, 6) is -1.35. The number of hydrogen-bond donors (Lipinski definition) is 1. The molecule has 1 aromatic rings. The fourth-order valence-electron chi connectivity index (χ4n) is 2.34. The highest BCUT2D eigenvalue weighted by molar-refractivity contribution is 14.1. The number of carbonyl (C=O) groups is 2. The molecule has 2 atom stereocenters. The topological polar surface area (TPSA) is 57.6 Å². The van der Waals surface area contributed by atoms with Gasteiger partial charge in [-0.05, 0) is 85.8 Å². The molecule has 0 spiro atoms. The van der Waals surface area contributed by atoms with Crippen LogP contribution in [0.2, 0.25) is 0 Å². The molecule has 1 aliphatic rings. The monoisotopic (exact) mass is 611 g/mol. The molecule has 1 N–H and O–H groups in total. The van der Waals surface area contributed by atoms with Gasteiger partial charge in [-0.15, -0.1) is 0 Å². The molecule has 0 aliphatic carbocycles. The van der Waals surface area contributed by atoms with E-state index >= 15 is 0 Å². The van der Waals surface area contributed by atoms with Crippen molar-refractivity contribution in [2.24, 2.45) is 11.8 Å². The molecule has 4 nitrogen and oxygen atoms in total. The average Bonchev–Trinajstić information content (AvgIpc) is 2.75. The van der Waals surface area contributed by atoms with Gasteiger partial charge in [0.05, 0.1) is 11.5 Å². The summed E-state index contributed by atoms with van der Waals surface area (Å²) < 4.78 is 2.98. The van der Waals surface area contributed by atoms with Crippen molar-refractivity contribution in [1.82, 2.24) is 4.90 Å². The second-order valence-electron chi connectivity index (χ2n) is 4.88. The van der Waals surface area contributed by atoms with Gasteiger partial charge in [-0.3, -0.25) is 9.59 Å². The van der Waals surface area contributed by atoms with Gasteiger partial charge in [-0.25, -0.2) is 0 Å². The molecule has 1 heterocycles. The van der Waals surface area contributed by atoms with Crippen LogP contribution in [0.25, 0.3) is 0 Å². The molecule has 108 valence electrons. The molecule has 0 bridgehead atoms. The molecular weight excluding hydrogens is 599 g/mol. The fourth-order valence-corrected chi connectivity index (χ4v) is 4.72. The number of amides is 1. The third-order valence-electron chi connectivity index (χ3n) is 3.44. The van der Waals surface area contributed by atoms with E-state index in [9.17, 15) is 9.59 Å². The summed E-state index contributed by atoms with van der Waals surface area (Å²) in [4.78, 5) is 25.4. The van der Waals surface area contributed by atoms with E-state index in [4.69, 9.17) is 5.11 Å². The molecule has 1 saturated heterocycles. The summed E-state index contributed by atoms with van der Waals surface area (Å²) in [6.45, 7) is 2.69. The van der Waals surface area contributed by atoms with Crippen LogP contribution >= 0.6 is 67.8 Å². The summed E-state index contributed by atoms with van der Waals surface area (Å²) in [6.07, 6.45) is 0. The Balaban J connectivity index is 2.28. The quantitative estimate of drug-likeness (QED) is 0.413. The van der Waals surface area contributed by atoms with Gasteiger partial charge in [-0.1, -0.05) is 6.92 Å². The molecule has 2 rings (SSSR count). The normalized spacial score (nSPS) is 22.1. The predicted molar refractivity (Wildman–Crippen MR) is 101 cm³/mol. The van der Waals surface area contributed by atoms with E-state index in [-0.39, 0.29) is 11.8 Å². The number of rotatable bonds is 2. The van der Waals surface area contributed by atoms with Crippen LogP contribution in [0, 0.1) is 22.5 Å². The maximum absolute atomic E-state index is 12.6. The first-order valence-corrected chi connectivity index (χ1v) is 9.21. The molecule has 0 radical (unpaired) electrons. The van der Waals surface area contributed by atoms with Gasteiger partial charge in [0.2, 0.25) is 0 Å². The van der Waals surface area contributed by atoms with Crippen molar-refractivity contribution < 1.29 is 14.7 Å². The Morgan fingerprint density at radius 3 is 2.45 bits per heavy atom. The lowest BCUT2D eigenvalue weighted by molar-refractivity contribution is -0.142. The lowest BCUT2D eigenvalue weighted by Crippen LogP contribution is -2.30. The zero-order valence-corrected chi connectivity index (χ0v) is 17.0. The first-order chi connectivity index (χ1) is 9.31. The molecular formula is C13H12I3NO3. The minimum atomic E-state index is -0.820. The van der Waals surface area contributed by atoms with Gasteiger partial charge >= 0.3 is 5.97 Å². The van der Waals surface area contributed by atoms with E-state index in [0.717, 1.165) is 10.7 Å². The highest BCUT2D eigenvalue weighted by Crippen LogP contribution is 2.28. The highest BCUT2D eigenvalue weighted by atomic mass is 127. The zero-order chi connectivity index (χ0) is 15.0. The number of benzene rings is 1. The first-order valence-electron chi connectivity index (χ1n) is 5.98. The van der Waals surface area contributed by atoms with Crippen molar-refractivity contribution in [2.45, 2.75) is 6.92 Å². The van der Waals surface area contributed by atoms with E-state index in [1.54, 1.807) is 4.90 Å². The van der Waals surface area contributed by atoms with Gasteiger partial charge in [0, 0.05) is 23.8 Å². The predicted octanol–water partition coefficient (Wildman–Crippen LogP) is 3.29. The van der Waals surface area contributed by atoms with Crippen LogP contribution in [0.4, 0.5) is 0 Å². The molecule has 7 heteroatoms. The number of likely N-dealkylation sites (tertiary alicyclic amines) is 1. The number of carboxylic acids is 1. The number of carboxylic acid groups (broad SMARTS) is 1. The van der Waals surface area contributed by atoms with Crippen LogP contribution in [0.5, 0.6) is 0 Å². The molecule has 1 aromatic carbocycles. The van der Waals surface area contributed by atoms with E-state index in [2.05, 4.69) is 67.8 Å². The second-order valence-corrected chi connectivity index (χ2v) is 8.37. The third-order valence-corrected chi connectivity index (χ3v) is 7.11. The Morgan fingerprint density at radius 2 is 1.90 bits per heavy atom. The van der Waals surface area contributed by atoms with E-state index in [1.807, 2.05) is 19.1 Å². The Bertz CT molecular complexity index is 576. The number of halogens is 3. The largest absolute Gasteiger partial charge is 0.481 e. The molecule has 0 unspecified atom stereocenters. The molecule has 1 fully saturated rings. The average molecular weight is 611 g/mol. The Kier molecular flexibility index (Phi) is 5.54. The van der Waals surface area contributed by atoms with Crippen molar-refractivity contribution in [3.63, 3.8) is 0 Å². The summed E-state index contributed by atoms with van der Waals surface area (Å²) in [5, 5.41) is 9.15. The van der Waals surface area contributed by atoms with Gasteiger partial charge < -0.3 is 10.0 Å². The van der Waals surface area contributed by atoms with Crippen LogP contribution in [-0.2, 0) is 4.79 Å². The van der Waals surface area contributed by atoms with Gasteiger partial charge in [0.25, 0.3) is 5.91 Å². The lowest BCUT2D eigenvalue weighted by Gasteiger charge is -2.17. The molecule has 0 aromatic heterocycles. The van der Waals surface area contributed by atoms with Crippen LogP contribution in [0.3, 0.4) is 0 Å². The fraction of sp³-hybridized carbons (Fsp3) is 0.385. The van der Waals surface area contributed by atoms with Gasteiger partial charge in [0.15, 0.2) is 0 Å². The van der Waals surface area contributed by atoms with Crippen LogP contribution in [-0.4, -0.2) is 35.0 Å². The summed E-state index contributed by atoms with van der Waals surface area (Å²) in [5.41, 5.74) is 0.667. The van der Waals surface area contributed by atoms with Crippen molar-refractivity contribution in [1.29, 1.82) is 0 Å². The Morgan fingerprint density at radius 1 is 1.25 bits per heavy atom. The second kappa shape index (κ2) is 6.63. The zero-order valence-electron chi connectivity index (χ0n) is 10.6. The summed E-state index contributed by atoms with van der Waals surface area (Å²) in [6, 6.07) is 3.89. The Labute approximate surface area is 158 Å². The Hall–Kier alpha value is 0.350. The molecule has 20 heavy (non-hydrogen) atoms. The third kappa shape index (κ3) is 3.39. The van der Waals surface area contributed by atoms with Crippen LogP contribution in [0.15, 0.2) is 12.1 Å². The number of hydrogen-bond acceptors (Lipinski definition) is 2. The van der Waals surface area contributed by atoms with Crippen molar-refractivity contribution in [3.8, 4) is 0 Å². The van der Waals surface area contributed by atoms with E-state index in [1.165, 1.54) is 0 Å². The van der Waals surface area contributed by atoms with Crippen LogP contribution in [0.1, 0.15) is 17.3 Å². The summed E-state index contributed by atoms with van der Waals surface area (Å²) >= 11 is 6.58. The molecule has 0 saturated carbocycles. The van der Waals surface area contributed by atoms with Crippen molar-refractivity contribution in [2.75, 3.05) is 13.1 Å². The van der Waals surface area contributed by atoms with E-state index < -0.39 is 11.9 Å². The SMILES string of the molecule is C[C@@H]1CN(C(=O)c2cc(I)cc(I)c2I)C[C@H]1C(=O)O. The maximum Gasteiger partial charge on any atom is 0.308 e.